The largest absolute Gasteiger partial charge is 0.339 e. The normalized spacial score (nSPS) is 12.1. The predicted octanol–water partition coefficient (Wildman–Crippen LogP) is 3.13. The van der Waals surface area contributed by atoms with Gasteiger partial charge in [-0.1, -0.05) is 30.3 Å². The lowest BCUT2D eigenvalue weighted by Crippen LogP contribution is -2.45. The zero-order valence-electron chi connectivity index (χ0n) is 16.0. The number of carbonyl (C=O) groups excluding carboxylic acids is 2. The molecule has 2 aromatic carbocycles. The van der Waals surface area contributed by atoms with E-state index in [0.717, 1.165) is 17.8 Å². The Kier molecular flexibility index (Phi) is 6.98. The van der Waals surface area contributed by atoms with E-state index in [-0.39, 0.29) is 17.0 Å². The molecule has 0 fully saturated rings. The second kappa shape index (κ2) is 9.67. The van der Waals surface area contributed by atoms with Crippen molar-refractivity contribution in [3.8, 4) is 0 Å². The zero-order valence-corrected chi connectivity index (χ0v) is 17.5. The highest BCUT2D eigenvalue weighted by atomic mass is 35.7. The molecule has 0 aliphatic carbocycles. The molecule has 1 atom stereocenters. The van der Waals surface area contributed by atoms with Crippen LogP contribution in [0.4, 0.5) is 10.1 Å². The van der Waals surface area contributed by atoms with Crippen molar-refractivity contribution in [3.63, 3.8) is 0 Å². The van der Waals surface area contributed by atoms with Crippen molar-refractivity contribution < 1.29 is 22.4 Å². The van der Waals surface area contributed by atoms with Gasteiger partial charge in [0.05, 0.1) is 11.1 Å². The van der Waals surface area contributed by atoms with Crippen LogP contribution in [0.3, 0.4) is 0 Å². The van der Waals surface area contributed by atoms with Crippen LogP contribution in [0.2, 0.25) is 0 Å². The highest BCUT2D eigenvalue weighted by Crippen LogP contribution is 2.18. The zero-order chi connectivity index (χ0) is 22.4. The predicted molar refractivity (Wildman–Crippen MR) is 114 cm³/mol. The molecule has 3 rings (SSSR count). The van der Waals surface area contributed by atoms with Crippen LogP contribution in [0.1, 0.15) is 16.1 Å². The first-order chi connectivity index (χ1) is 14.7. The molecule has 7 nitrogen and oxygen atoms in total. The van der Waals surface area contributed by atoms with Gasteiger partial charge in [-0.15, -0.1) is 0 Å². The van der Waals surface area contributed by atoms with Crippen molar-refractivity contribution in [2.45, 2.75) is 17.4 Å². The van der Waals surface area contributed by atoms with Gasteiger partial charge in [0.1, 0.15) is 17.6 Å². The van der Waals surface area contributed by atoms with Gasteiger partial charge in [0, 0.05) is 22.8 Å². The third-order valence-electron chi connectivity index (χ3n) is 4.27. The maximum absolute atomic E-state index is 13.1. The smallest absolute Gasteiger partial charge is 0.270 e. The van der Waals surface area contributed by atoms with Gasteiger partial charge in [0.25, 0.3) is 15.0 Å². The number of halogens is 2. The molecule has 0 saturated heterocycles. The number of hydrogen-bond acceptors (Lipinski definition) is 5. The minimum atomic E-state index is -3.89. The Morgan fingerprint density at radius 2 is 1.68 bits per heavy atom. The summed E-state index contributed by atoms with van der Waals surface area (Å²) in [6, 6.07) is 15.7. The molecule has 0 spiro atoms. The summed E-state index contributed by atoms with van der Waals surface area (Å²) in [7, 11) is 1.40. The highest BCUT2D eigenvalue weighted by Gasteiger charge is 2.23. The van der Waals surface area contributed by atoms with Gasteiger partial charge in [-0.05, 0) is 42.0 Å². The number of benzene rings is 2. The van der Waals surface area contributed by atoms with E-state index in [2.05, 4.69) is 15.6 Å². The van der Waals surface area contributed by atoms with Crippen molar-refractivity contribution in [3.05, 3.63) is 90.0 Å². The molecule has 10 heteroatoms. The summed E-state index contributed by atoms with van der Waals surface area (Å²) in [6.07, 6.45) is 1.10. The lowest BCUT2D eigenvalue weighted by Gasteiger charge is -2.18. The fourth-order valence-electron chi connectivity index (χ4n) is 2.73. The van der Waals surface area contributed by atoms with E-state index in [9.17, 15) is 22.4 Å². The third-order valence-corrected chi connectivity index (χ3v) is 5.64. The van der Waals surface area contributed by atoms with E-state index >= 15 is 0 Å². The molecular weight excluding hydrogens is 445 g/mol. The summed E-state index contributed by atoms with van der Waals surface area (Å²) in [5.41, 5.74) is 1.09. The molecular formula is C21H17ClFN3O4S. The van der Waals surface area contributed by atoms with E-state index in [1.807, 2.05) is 18.2 Å². The van der Waals surface area contributed by atoms with Crippen molar-refractivity contribution in [1.29, 1.82) is 0 Å². The summed E-state index contributed by atoms with van der Waals surface area (Å²) in [4.78, 5) is 29.0. The Morgan fingerprint density at radius 3 is 2.26 bits per heavy atom. The Balaban J connectivity index is 1.78. The molecule has 0 aliphatic heterocycles. The van der Waals surface area contributed by atoms with Crippen LogP contribution in [0.25, 0.3) is 0 Å². The van der Waals surface area contributed by atoms with Crippen LogP contribution in [0, 0.1) is 5.82 Å². The minimum absolute atomic E-state index is 0.0380. The maximum atomic E-state index is 13.1. The fraction of sp³-hybridized carbons (Fsp3) is 0.0952. The summed E-state index contributed by atoms with van der Waals surface area (Å²) in [5, 5.41) is 5.24. The van der Waals surface area contributed by atoms with E-state index in [0.29, 0.717) is 5.69 Å². The third kappa shape index (κ3) is 6.34. The van der Waals surface area contributed by atoms with Gasteiger partial charge in [0.15, 0.2) is 0 Å². The number of anilines is 1. The van der Waals surface area contributed by atoms with Crippen LogP contribution in [0.5, 0.6) is 0 Å². The Bertz CT molecular complexity index is 1170. The lowest BCUT2D eigenvalue weighted by atomic mass is 10.0. The topological polar surface area (TPSA) is 105 Å². The first-order valence-corrected chi connectivity index (χ1v) is 11.4. The van der Waals surface area contributed by atoms with Gasteiger partial charge < -0.3 is 10.6 Å². The number of nitrogens with zero attached hydrogens (tertiary/aromatic N) is 1. The minimum Gasteiger partial charge on any atom is -0.339 e. The van der Waals surface area contributed by atoms with Crippen LogP contribution in [0.15, 0.2) is 77.8 Å². The quantitative estimate of drug-likeness (QED) is 0.526. The molecule has 0 unspecified atom stereocenters. The molecule has 0 bridgehead atoms. The maximum Gasteiger partial charge on any atom is 0.270 e. The molecule has 0 radical (unpaired) electrons. The van der Waals surface area contributed by atoms with Crippen molar-refractivity contribution in [2.24, 2.45) is 0 Å². The number of carbonyl (C=O) groups is 2. The number of amides is 2. The van der Waals surface area contributed by atoms with Crippen LogP contribution < -0.4 is 10.6 Å². The standard InChI is InChI=1S/C21H17ClFN3O4S/c22-31(29,30)17-9-7-16(8-10-17)25-21(28)19(12-14-4-2-1-3-5-14)26-20(27)18-11-6-15(23)13-24-18/h1-11,13,19H,12H2,(H,25,28)(H,26,27)/t19-/m0/s1. The van der Waals surface area contributed by atoms with E-state index in [1.165, 1.54) is 30.3 Å². The van der Waals surface area contributed by atoms with Gasteiger partial charge in [-0.2, -0.15) is 0 Å². The Hall–Kier alpha value is -3.30. The van der Waals surface area contributed by atoms with E-state index < -0.39 is 32.7 Å². The average molecular weight is 462 g/mol. The van der Waals surface area contributed by atoms with Gasteiger partial charge in [0.2, 0.25) is 5.91 Å². The Morgan fingerprint density at radius 1 is 1.00 bits per heavy atom. The molecule has 160 valence electrons. The summed E-state index contributed by atoms with van der Waals surface area (Å²) >= 11 is 0. The lowest BCUT2D eigenvalue weighted by molar-refractivity contribution is -0.118. The number of nitrogens with one attached hydrogen (secondary N) is 2. The van der Waals surface area contributed by atoms with Crippen LogP contribution in [-0.4, -0.2) is 31.3 Å². The summed E-state index contributed by atoms with van der Waals surface area (Å²) in [6.45, 7) is 0. The molecule has 0 saturated carbocycles. The molecule has 2 amide bonds. The summed E-state index contributed by atoms with van der Waals surface area (Å²) in [5.74, 6) is -1.75. The highest BCUT2D eigenvalue weighted by molar-refractivity contribution is 8.13. The first kappa shape index (κ1) is 22.4. The molecule has 0 aliphatic rings. The molecule has 31 heavy (non-hydrogen) atoms. The molecule has 1 heterocycles. The summed E-state index contributed by atoms with van der Waals surface area (Å²) < 4.78 is 35.8. The number of hydrogen-bond donors (Lipinski definition) is 2. The second-order valence-corrected chi connectivity index (χ2v) is 9.09. The Labute approximate surface area is 182 Å². The molecule has 3 aromatic rings. The molecule has 2 N–H and O–H groups in total. The number of aromatic nitrogens is 1. The monoisotopic (exact) mass is 461 g/mol. The second-order valence-electron chi connectivity index (χ2n) is 6.53. The number of rotatable bonds is 7. The van der Waals surface area contributed by atoms with Gasteiger partial charge >= 0.3 is 0 Å². The first-order valence-electron chi connectivity index (χ1n) is 9.04. The fourth-order valence-corrected chi connectivity index (χ4v) is 3.50. The van der Waals surface area contributed by atoms with Crippen LogP contribution in [-0.2, 0) is 20.3 Å². The van der Waals surface area contributed by atoms with E-state index in [4.69, 9.17) is 10.7 Å². The van der Waals surface area contributed by atoms with E-state index in [1.54, 1.807) is 12.1 Å². The van der Waals surface area contributed by atoms with Gasteiger partial charge in [-0.3, -0.25) is 9.59 Å². The SMILES string of the molecule is O=C(N[C@@H](Cc1ccccc1)C(=O)Nc1ccc(S(=O)(=O)Cl)cc1)c1ccc(F)cn1. The van der Waals surface area contributed by atoms with Crippen molar-refractivity contribution >= 4 is 37.2 Å². The van der Waals surface area contributed by atoms with Crippen molar-refractivity contribution in [2.75, 3.05) is 5.32 Å². The van der Waals surface area contributed by atoms with Gasteiger partial charge in [-0.25, -0.2) is 17.8 Å². The van der Waals surface area contributed by atoms with Crippen molar-refractivity contribution in [1.82, 2.24) is 10.3 Å². The molecule has 1 aromatic heterocycles. The average Bonchev–Trinajstić information content (AvgIpc) is 2.74. The number of pyridine rings is 1. The van der Waals surface area contributed by atoms with Crippen LogP contribution >= 0.6 is 10.7 Å².